The van der Waals surface area contributed by atoms with Crippen molar-refractivity contribution in [3.63, 3.8) is 0 Å². The molecule has 5 aliphatic rings. The van der Waals surface area contributed by atoms with E-state index < -0.39 is 0 Å². The summed E-state index contributed by atoms with van der Waals surface area (Å²) in [4.78, 5) is 10.1. The molecule has 4 heteroatoms. The molecule has 290 valence electrons. The Morgan fingerprint density at radius 1 is 0.426 bits per heavy atom. The van der Waals surface area contributed by atoms with Crippen molar-refractivity contribution in [2.75, 3.05) is 9.80 Å². The van der Waals surface area contributed by atoms with Crippen molar-refractivity contribution >= 4 is 69.8 Å². The van der Waals surface area contributed by atoms with Crippen LogP contribution in [0.1, 0.15) is 45.4 Å². The van der Waals surface area contributed by atoms with Crippen molar-refractivity contribution in [2.45, 2.75) is 50.7 Å². The van der Waals surface area contributed by atoms with Crippen LogP contribution in [0, 0.1) is 0 Å². The van der Waals surface area contributed by atoms with Gasteiger partial charge in [0.2, 0.25) is 0 Å². The molecular formula is C57H40N2S2. The summed E-state index contributed by atoms with van der Waals surface area (Å²) in [5, 5.41) is 0. The Hall–Kier alpha value is -6.46. The largest absolute Gasteiger partial charge is 0.308 e. The van der Waals surface area contributed by atoms with E-state index in [2.05, 4.69) is 204 Å². The van der Waals surface area contributed by atoms with E-state index in [4.69, 9.17) is 0 Å². The molecule has 0 bridgehead atoms. The lowest BCUT2D eigenvalue weighted by atomic mass is 9.75. The van der Waals surface area contributed by atoms with E-state index in [0.29, 0.717) is 0 Å². The van der Waals surface area contributed by atoms with Crippen LogP contribution in [0.15, 0.2) is 207 Å². The van der Waals surface area contributed by atoms with E-state index in [1.54, 1.807) is 0 Å². The summed E-state index contributed by atoms with van der Waals surface area (Å²) >= 11 is 3.73. The topological polar surface area (TPSA) is 6.48 Å². The molecule has 2 aliphatic heterocycles. The highest BCUT2D eigenvalue weighted by Gasteiger charge is 2.47. The molecule has 0 N–H and O–H groups in total. The average Bonchev–Trinajstić information content (AvgIpc) is 3.83. The fourth-order valence-corrected chi connectivity index (χ4v) is 12.8. The lowest BCUT2D eigenvalue weighted by molar-refractivity contribution is 0.563. The molecule has 0 saturated heterocycles. The summed E-state index contributed by atoms with van der Waals surface area (Å²) in [6.07, 6.45) is 11.2. The van der Waals surface area contributed by atoms with E-state index in [-0.39, 0.29) is 5.41 Å². The molecule has 0 radical (unpaired) electrons. The van der Waals surface area contributed by atoms with Gasteiger partial charge in [0, 0.05) is 36.4 Å². The maximum Gasteiger partial charge on any atom is 0.0601 e. The molecule has 2 heterocycles. The van der Waals surface area contributed by atoms with Gasteiger partial charge in [0.15, 0.2) is 0 Å². The minimum absolute atomic E-state index is 0.118. The van der Waals surface area contributed by atoms with Gasteiger partial charge in [-0.3, -0.25) is 0 Å². The predicted molar refractivity (Wildman–Crippen MR) is 256 cm³/mol. The summed E-state index contributed by atoms with van der Waals surface area (Å²) < 4.78 is 0. The lowest BCUT2D eigenvalue weighted by Gasteiger charge is -2.34. The van der Waals surface area contributed by atoms with E-state index in [1.165, 1.54) is 109 Å². The Kier molecular flexibility index (Phi) is 7.98. The standard InChI is InChI=1S/C57H40N2S2/c1-2-12-42-36-57(35-41(42)11-1)47-32-38(24-29-45(47)46-30-28-44(34-48(46)57)59-51-15-5-9-19-55(51)61-56-20-10-6-16-52(56)59)22-21-37-23-25-40-33-43(27-26-39(40)31-37)58-49-13-3-7-17-53(49)60-54-18-8-4-14-50(54)58/h1-22,24,26-34H,23,25,35-36H2. The third kappa shape index (κ3) is 5.59. The van der Waals surface area contributed by atoms with Gasteiger partial charge in [-0.1, -0.05) is 145 Å². The summed E-state index contributed by atoms with van der Waals surface area (Å²) in [6, 6.07) is 65.9. The number of para-hydroxylation sites is 4. The molecule has 3 aliphatic carbocycles. The molecule has 0 fully saturated rings. The number of benzene rings is 8. The number of rotatable bonds is 4. The Morgan fingerprint density at radius 2 is 0.918 bits per heavy atom. The maximum atomic E-state index is 2.53. The zero-order valence-corrected chi connectivity index (χ0v) is 35.1. The number of aryl methyl sites for hydroxylation is 1. The highest BCUT2D eigenvalue weighted by atomic mass is 32.2. The molecule has 2 nitrogen and oxygen atoms in total. The van der Waals surface area contributed by atoms with E-state index in [1.807, 2.05) is 23.5 Å². The van der Waals surface area contributed by atoms with Crippen molar-refractivity contribution in [1.82, 2.24) is 0 Å². The van der Waals surface area contributed by atoms with Gasteiger partial charge in [0.05, 0.1) is 22.7 Å². The molecule has 0 atom stereocenters. The Labute approximate surface area is 365 Å². The number of allylic oxidation sites excluding steroid dienone is 2. The van der Waals surface area contributed by atoms with Gasteiger partial charge in [-0.15, -0.1) is 0 Å². The van der Waals surface area contributed by atoms with Crippen molar-refractivity contribution in [2.24, 2.45) is 0 Å². The first kappa shape index (κ1) is 35.3. The van der Waals surface area contributed by atoms with Crippen LogP contribution >= 0.6 is 23.5 Å². The second kappa shape index (κ2) is 13.8. The van der Waals surface area contributed by atoms with Crippen molar-refractivity contribution in [3.8, 4) is 11.1 Å². The molecular weight excluding hydrogens is 777 g/mol. The van der Waals surface area contributed by atoms with Gasteiger partial charge in [-0.2, -0.15) is 0 Å². The summed E-state index contributed by atoms with van der Waals surface area (Å²) in [5.74, 6) is 0. The Morgan fingerprint density at radius 3 is 1.51 bits per heavy atom. The zero-order chi connectivity index (χ0) is 40.1. The zero-order valence-electron chi connectivity index (χ0n) is 33.5. The van der Waals surface area contributed by atoms with Crippen LogP contribution in [0.5, 0.6) is 0 Å². The predicted octanol–water partition coefficient (Wildman–Crippen LogP) is 15.7. The van der Waals surface area contributed by atoms with Crippen LogP contribution in [-0.2, 0) is 24.7 Å². The van der Waals surface area contributed by atoms with Crippen molar-refractivity contribution < 1.29 is 0 Å². The van der Waals surface area contributed by atoms with Gasteiger partial charge in [0.25, 0.3) is 0 Å². The smallest absolute Gasteiger partial charge is 0.0601 e. The van der Waals surface area contributed by atoms with Gasteiger partial charge in [-0.05, 0) is 154 Å². The Bertz CT molecular complexity index is 3080. The number of hydrogen-bond acceptors (Lipinski definition) is 4. The van der Waals surface area contributed by atoms with Crippen LogP contribution in [-0.4, -0.2) is 0 Å². The third-order valence-corrected chi connectivity index (χ3v) is 15.8. The molecule has 0 amide bonds. The number of nitrogens with zero attached hydrogens (tertiary/aromatic N) is 2. The first-order valence-corrected chi connectivity index (χ1v) is 23.0. The fourth-order valence-electron chi connectivity index (χ4n) is 10.7. The average molecular weight is 817 g/mol. The SMILES string of the molecule is C(=Cc1ccc2c(c1)C1(Cc3ccccc3C1)c1cc(N3c4ccccc4Sc4ccccc43)ccc1-2)C1=Cc2ccc(N3c4ccccc4Sc4ccccc43)cc2CC1. The van der Waals surface area contributed by atoms with E-state index in [9.17, 15) is 0 Å². The van der Waals surface area contributed by atoms with Crippen molar-refractivity contribution in [3.05, 3.63) is 227 Å². The van der Waals surface area contributed by atoms with Crippen LogP contribution < -0.4 is 9.80 Å². The molecule has 0 unspecified atom stereocenters. The summed E-state index contributed by atoms with van der Waals surface area (Å²) in [6.45, 7) is 0. The molecule has 0 saturated carbocycles. The van der Waals surface area contributed by atoms with Crippen LogP contribution in [0.2, 0.25) is 0 Å². The normalized spacial score (nSPS) is 15.9. The minimum atomic E-state index is -0.118. The molecule has 61 heavy (non-hydrogen) atoms. The fraction of sp³-hybridized carbons (Fsp3) is 0.0877. The number of fused-ring (bicyclic) bond motifs is 11. The second-order valence-electron chi connectivity index (χ2n) is 16.9. The number of anilines is 6. The van der Waals surface area contributed by atoms with Gasteiger partial charge in [0.1, 0.15) is 0 Å². The van der Waals surface area contributed by atoms with Gasteiger partial charge in [-0.25, -0.2) is 0 Å². The summed E-state index contributed by atoms with van der Waals surface area (Å²) in [5.41, 5.74) is 21.3. The van der Waals surface area contributed by atoms with Crippen LogP contribution in [0.4, 0.5) is 34.1 Å². The Balaban J connectivity index is 0.845. The highest BCUT2D eigenvalue weighted by Crippen LogP contribution is 2.58. The molecule has 8 aromatic rings. The third-order valence-electron chi connectivity index (χ3n) is 13.5. The minimum Gasteiger partial charge on any atom is -0.308 e. The van der Waals surface area contributed by atoms with Crippen molar-refractivity contribution in [1.29, 1.82) is 0 Å². The first-order chi connectivity index (χ1) is 30.2. The second-order valence-corrected chi connectivity index (χ2v) is 19.1. The monoisotopic (exact) mass is 816 g/mol. The first-order valence-electron chi connectivity index (χ1n) is 21.4. The lowest BCUT2D eigenvalue weighted by Crippen LogP contribution is -2.26. The van der Waals surface area contributed by atoms with Crippen LogP contribution in [0.3, 0.4) is 0 Å². The molecule has 1 spiro atoms. The van der Waals surface area contributed by atoms with Crippen LogP contribution in [0.25, 0.3) is 23.3 Å². The quantitative estimate of drug-likeness (QED) is 0.174. The molecule has 13 rings (SSSR count). The number of hydrogen-bond donors (Lipinski definition) is 0. The van der Waals surface area contributed by atoms with Gasteiger partial charge < -0.3 is 9.80 Å². The van der Waals surface area contributed by atoms with E-state index >= 15 is 0 Å². The molecule has 8 aromatic carbocycles. The summed E-state index contributed by atoms with van der Waals surface area (Å²) in [7, 11) is 0. The van der Waals surface area contributed by atoms with Gasteiger partial charge >= 0.3 is 0 Å². The maximum absolute atomic E-state index is 2.53. The highest BCUT2D eigenvalue weighted by molar-refractivity contribution is 8.00. The van der Waals surface area contributed by atoms with E-state index in [0.717, 1.165) is 25.7 Å². The molecule has 0 aromatic heterocycles.